The Hall–Kier alpha value is -3.29. The number of anilines is 1. The molecule has 2 aromatic carbocycles. The average Bonchev–Trinajstić information content (AvgIpc) is 3.00. The molecule has 0 aliphatic heterocycles. The van der Waals surface area contributed by atoms with E-state index in [0.717, 1.165) is 12.1 Å². The molecule has 0 saturated carbocycles. The molecule has 3 rings (SSSR count). The van der Waals surface area contributed by atoms with Crippen molar-refractivity contribution in [3.63, 3.8) is 0 Å². The van der Waals surface area contributed by atoms with Crippen LogP contribution in [0.5, 0.6) is 5.75 Å². The van der Waals surface area contributed by atoms with E-state index in [0.29, 0.717) is 35.0 Å². The molecule has 8 heteroatoms. The molecule has 152 valence electrons. The van der Waals surface area contributed by atoms with E-state index in [2.05, 4.69) is 10.4 Å². The molecule has 1 N–H and O–H groups in total. The number of carbonyl (C=O) groups is 1. The third kappa shape index (κ3) is 4.96. The van der Waals surface area contributed by atoms with Gasteiger partial charge >= 0.3 is 6.18 Å². The molecule has 0 unspecified atom stereocenters. The van der Waals surface area contributed by atoms with E-state index in [-0.39, 0.29) is 12.5 Å². The second kappa shape index (κ2) is 8.38. The Morgan fingerprint density at radius 2 is 1.90 bits per heavy atom. The van der Waals surface area contributed by atoms with E-state index in [4.69, 9.17) is 4.74 Å². The van der Waals surface area contributed by atoms with Crippen molar-refractivity contribution in [2.24, 2.45) is 0 Å². The summed E-state index contributed by atoms with van der Waals surface area (Å²) in [7, 11) is 0. The van der Waals surface area contributed by atoms with Crippen molar-refractivity contribution < 1.29 is 22.7 Å². The number of rotatable bonds is 6. The first-order valence-corrected chi connectivity index (χ1v) is 9.01. The fourth-order valence-corrected chi connectivity index (χ4v) is 2.87. The fraction of sp³-hybridized carbons (Fsp3) is 0.238. The van der Waals surface area contributed by atoms with Crippen molar-refractivity contribution >= 4 is 11.7 Å². The smallest absolute Gasteiger partial charge is 0.416 e. The molecule has 3 aromatic rings. The van der Waals surface area contributed by atoms with Gasteiger partial charge in [0, 0.05) is 11.8 Å². The van der Waals surface area contributed by atoms with Crippen LogP contribution in [-0.4, -0.2) is 22.3 Å². The average molecular weight is 403 g/mol. The first kappa shape index (κ1) is 20.4. The second-order valence-electron chi connectivity index (χ2n) is 6.41. The summed E-state index contributed by atoms with van der Waals surface area (Å²) in [5.74, 6) is 0.399. The van der Waals surface area contributed by atoms with Crippen LogP contribution in [0.4, 0.5) is 19.0 Å². The van der Waals surface area contributed by atoms with E-state index in [1.807, 2.05) is 6.92 Å². The Morgan fingerprint density at radius 1 is 1.14 bits per heavy atom. The van der Waals surface area contributed by atoms with Crippen LogP contribution < -0.4 is 10.1 Å². The first-order chi connectivity index (χ1) is 13.8. The molecule has 29 heavy (non-hydrogen) atoms. The monoisotopic (exact) mass is 403 g/mol. The number of aromatic nitrogens is 2. The molecule has 0 bridgehead atoms. The van der Waals surface area contributed by atoms with Crippen molar-refractivity contribution in [1.29, 1.82) is 0 Å². The molecule has 5 nitrogen and oxygen atoms in total. The summed E-state index contributed by atoms with van der Waals surface area (Å²) in [6.07, 6.45) is -4.40. The van der Waals surface area contributed by atoms with Crippen LogP contribution in [0.15, 0.2) is 54.6 Å². The molecule has 0 aliphatic rings. The van der Waals surface area contributed by atoms with Crippen LogP contribution in [0.2, 0.25) is 0 Å². The number of para-hydroxylation sites is 1. The summed E-state index contributed by atoms with van der Waals surface area (Å²) >= 11 is 0. The zero-order valence-electron chi connectivity index (χ0n) is 16.0. The Kier molecular flexibility index (Phi) is 5.91. The van der Waals surface area contributed by atoms with Gasteiger partial charge in [-0.1, -0.05) is 24.3 Å². The van der Waals surface area contributed by atoms with Gasteiger partial charge in [0.15, 0.2) is 5.82 Å². The maximum Gasteiger partial charge on any atom is 0.416 e. The van der Waals surface area contributed by atoms with Crippen molar-refractivity contribution in [3.05, 3.63) is 77.0 Å². The van der Waals surface area contributed by atoms with Crippen molar-refractivity contribution in [3.8, 4) is 5.75 Å². The molecule has 0 spiro atoms. The number of nitrogens with one attached hydrogen (secondary N) is 1. The van der Waals surface area contributed by atoms with Gasteiger partial charge in [0.1, 0.15) is 5.75 Å². The molecule has 0 atom stereocenters. The minimum Gasteiger partial charge on any atom is -0.493 e. The number of hydrogen-bond acceptors (Lipinski definition) is 3. The van der Waals surface area contributed by atoms with Crippen LogP contribution in [-0.2, 0) is 12.7 Å². The highest BCUT2D eigenvalue weighted by atomic mass is 19.4. The second-order valence-corrected chi connectivity index (χ2v) is 6.41. The number of amides is 1. The van der Waals surface area contributed by atoms with Crippen molar-refractivity contribution in [1.82, 2.24) is 9.78 Å². The molecule has 0 radical (unpaired) electrons. The quantitative estimate of drug-likeness (QED) is 0.636. The first-order valence-electron chi connectivity index (χ1n) is 9.01. The third-order valence-electron chi connectivity index (χ3n) is 4.24. The number of carbonyl (C=O) groups excluding carboxylic acids is 1. The predicted octanol–water partition coefficient (Wildman–Crippen LogP) is 4.91. The summed E-state index contributed by atoms with van der Waals surface area (Å²) in [6, 6.07) is 13.6. The minimum atomic E-state index is -4.40. The zero-order valence-corrected chi connectivity index (χ0v) is 16.0. The number of aryl methyl sites for hydroxylation is 1. The molecule has 1 heterocycles. The van der Waals surface area contributed by atoms with Gasteiger partial charge in [-0.3, -0.25) is 9.48 Å². The number of ether oxygens (including phenoxy) is 1. The van der Waals surface area contributed by atoms with Crippen LogP contribution in [0, 0.1) is 6.92 Å². The van der Waals surface area contributed by atoms with Gasteiger partial charge in [-0.2, -0.15) is 18.3 Å². The van der Waals surface area contributed by atoms with E-state index < -0.39 is 11.7 Å². The lowest BCUT2D eigenvalue weighted by Crippen LogP contribution is -2.14. The lowest BCUT2D eigenvalue weighted by Gasteiger charge is -2.10. The van der Waals surface area contributed by atoms with Crippen LogP contribution >= 0.6 is 0 Å². The summed E-state index contributed by atoms with van der Waals surface area (Å²) in [5.41, 5.74) is 0.835. The van der Waals surface area contributed by atoms with Gasteiger partial charge in [-0.25, -0.2) is 0 Å². The van der Waals surface area contributed by atoms with Gasteiger partial charge in [-0.05, 0) is 43.7 Å². The largest absolute Gasteiger partial charge is 0.493 e. The normalized spacial score (nSPS) is 11.3. The number of benzene rings is 2. The third-order valence-corrected chi connectivity index (χ3v) is 4.24. The summed E-state index contributed by atoms with van der Waals surface area (Å²) in [6.45, 7) is 4.17. The van der Waals surface area contributed by atoms with Crippen molar-refractivity contribution in [2.75, 3.05) is 11.9 Å². The van der Waals surface area contributed by atoms with Crippen LogP contribution in [0.1, 0.15) is 34.1 Å². The molecule has 0 saturated heterocycles. The van der Waals surface area contributed by atoms with E-state index in [1.54, 1.807) is 48.0 Å². The standard InChI is InChI=1S/C21H20F3N3O2/c1-3-29-18-10-5-4-9-17(18)20(28)25-19-11-14(2)27(26-19)13-15-7-6-8-16(12-15)21(22,23)24/h4-12H,3,13H2,1-2H3,(H,25,26,28). The van der Waals surface area contributed by atoms with E-state index >= 15 is 0 Å². The number of nitrogens with zero attached hydrogens (tertiary/aromatic N) is 2. The highest BCUT2D eigenvalue weighted by Crippen LogP contribution is 2.29. The van der Waals surface area contributed by atoms with E-state index in [9.17, 15) is 18.0 Å². The lowest BCUT2D eigenvalue weighted by atomic mass is 10.1. The summed E-state index contributed by atoms with van der Waals surface area (Å²) in [5, 5.41) is 7.01. The molecule has 1 amide bonds. The lowest BCUT2D eigenvalue weighted by molar-refractivity contribution is -0.137. The molecular weight excluding hydrogens is 383 g/mol. The van der Waals surface area contributed by atoms with Gasteiger partial charge in [0.05, 0.1) is 24.3 Å². The molecule has 0 fully saturated rings. The highest BCUT2D eigenvalue weighted by molar-refractivity contribution is 6.05. The van der Waals surface area contributed by atoms with Gasteiger partial charge in [-0.15, -0.1) is 0 Å². The Morgan fingerprint density at radius 3 is 2.62 bits per heavy atom. The fourth-order valence-electron chi connectivity index (χ4n) is 2.87. The molecular formula is C21H20F3N3O2. The van der Waals surface area contributed by atoms with Gasteiger partial charge in [0.2, 0.25) is 0 Å². The number of hydrogen-bond donors (Lipinski definition) is 1. The maximum absolute atomic E-state index is 12.9. The SMILES string of the molecule is CCOc1ccccc1C(=O)Nc1cc(C)n(Cc2cccc(C(F)(F)F)c2)n1. The maximum atomic E-state index is 12.9. The molecule has 1 aromatic heterocycles. The van der Waals surface area contributed by atoms with Gasteiger partial charge < -0.3 is 10.1 Å². The Bertz CT molecular complexity index is 1010. The predicted molar refractivity (Wildman–Crippen MR) is 103 cm³/mol. The summed E-state index contributed by atoms with van der Waals surface area (Å²) in [4.78, 5) is 12.6. The van der Waals surface area contributed by atoms with Crippen molar-refractivity contribution in [2.45, 2.75) is 26.6 Å². The Balaban J connectivity index is 1.77. The minimum absolute atomic E-state index is 0.154. The topological polar surface area (TPSA) is 56.1 Å². The zero-order chi connectivity index (χ0) is 21.0. The number of halogens is 3. The van der Waals surface area contributed by atoms with E-state index in [1.165, 1.54) is 6.07 Å². The van der Waals surface area contributed by atoms with Crippen LogP contribution in [0.3, 0.4) is 0 Å². The van der Waals surface area contributed by atoms with Crippen LogP contribution in [0.25, 0.3) is 0 Å². The summed E-state index contributed by atoms with van der Waals surface area (Å²) < 4.78 is 45.7. The Labute approximate surface area is 166 Å². The molecule has 0 aliphatic carbocycles. The van der Waals surface area contributed by atoms with Gasteiger partial charge in [0.25, 0.3) is 5.91 Å². The number of alkyl halides is 3. The highest BCUT2D eigenvalue weighted by Gasteiger charge is 2.30.